The molecule has 0 aliphatic carbocycles. The van der Waals surface area contributed by atoms with E-state index in [1.165, 1.54) is 0 Å². The second kappa shape index (κ2) is 6.20. The molecule has 5 heteroatoms. The molecule has 1 saturated heterocycles. The molecule has 1 aromatic carbocycles. The average molecular weight is 314 g/mol. The lowest BCUT2D eigenvalue weighted by Gasteiger charge is -2.37. The summed E-state index contributed by atoms with van der Waals surface area (Å²) in [5.41, 5.74) is 1.11. The van der Waals surface area contributed by atoms with Gasteiger partial charge < -0.3 is 14.7 Å². The van der Waals surface area contributed by atoms with Crippen LogP contribution in [0.1, 0.15) is 12.8 Å². The highest BCUT2D eigenvalue weighted by atomic mass is 79.9. The van der Waals surface area contributed by atoms with Gasteiger partial charge in [-0.2, -0.15) is 0 Å². The molecule has 18 heavy (non-hydrogen) atoms. The minimum absolute atomic E-state index is 0.133. The minimum Gasteiger partial charge on any atom is -0.481 e. The molecule has 4 nitrogen and oxygen atoms in total. The SMILES string of the molecule is O=C(O)CCC1COCCN1c1ccccc1Br. The number of halogens is 1. The molecule has 0 amide bonds. The Kier molecular flexibility index (Phi) is 4.60. The van der Waals surface area contributed by atoms with Crippen molar-refractivity contribution in [3.63, 3.8) is 0 Å². The molecule has 0 bridgehead atoms. The molecule has 0 saturated carbocycles. The van der Waals surface area contributed by atoms with E-state index in [1.807, 2.05) is 24.3 Å². The Bertz CT molecular complexity index is 424. The van der Waals surface area contributed by atoms with Crippen LogP contribution in [0.3, 0.4) is 0 Å². The Morgan fingerprint density at radius 1 is 1.50 bits per heavy atom. The summed E-state index contributed by atoms with van der Waals surface area (Å²) >= 11 is 3.54. The summed E-state index contributed by atoms with van der Waals surface area (Å²) < 4.78 is 6.49. The largest absolute Gasteiger partial charge is 0.481 e. The smallest absolute Gasteiger partial charge is 0.303 e. The van der Waals surface area contributed by atoms with Gasteiger partial charge in [-0.15, -0.1) is 0 Å². The summed E-state index contributed by atoms with van der Waals surface area (Å²) in [6, 6.07) is 8.14. The van der Waals surface area contributed by atoms with Crippen molar-refractivity contribution in [1.29, 1.82) is 0 Å². The van der Waals surface area contributed by atoms with Gasteiger partial charge in [-0.3, -0.25) is 4.79 Å². The van der Waals surface area contributed by atoms with Crippen LogP contribution in [0.5, 0.6) is 0 Å². The minimum atomic E-state index is -0.757. The maximum Gasteiger partial charge on any atom is 0.303 e. The van der Waals surface area contributed by atoms with Crippen LogP contribution >= 0.6 is 15.9 Å². The second-order valence-corrected chi connectivity index (χ2v) is 5.16. The van der Waals surface area contributed by atoms with Crippen molar-refractivity contribution in [3.05, 3.63) is 28.7 Å². The molecule has 0 aromatic heterocycles. The van der Waals surface area contributed by atoms with Crippen LogP contribution in [0.4, 0.5) is 5.69 Å². The van der Waals surface area contributed by atoms with Gasteiger partial charge in [0.2, 0.25) is 0 Å². The molecule has 1 fully saturated rings. The number of carbonyl (C=O) groups is 1. The average Bonchev–Trinajstić information content (AvgIpc) is 2.37. The summed E-state index contributed by atoms with van der Waals surface area (Å²) in [6.07, 6.45) is 0.783. The number of para-hydroxylation sites is 1. The molecule has 1 heterocycles. The van der Waals surface area contributed by atoms with Gasteiger partial charge in [-0.05, 0) is 34.5 Å². The molecule has 1 aliphatic rings. The Labute approximate surface area is 115 Å². The first kappa shape index (κ1) is 13.4. The number of nitrogens with zero attached hydrogens (tertiary/aromatic N) is 1. The van der Waals surface area contributed by atoms with E-state index in [4.69, 9.17) is 9.84 Å². The number of anilines is 1. The highest BCUT2D eigenvalue weighted by Crippen LogP contribution is 2.29. The number of morpholine rings is 1. The molecule has 2 rings (SSSR count). The van der Waals surface area contributed by atoms with Gasteiger partial charge >= 0.3 is 5.97 Å². The number of rotatable bonds is 4. The lowest BCUT2D eigenvalue weighted by Crippen LogP contribution is -2.46. The standard InChI is InChI=1S/C13H16BrNO3/c14-11-3-1-2-4-12(11)15-7-8-18-9-10(15)5-6-13(16)17/h1-4,10H,5-9H2,(H,16,17). The number of carboxylic acid groups (broad SMARTS) is 1. The number of hydrogen-bond acceptors (Lipinski definition) is 3. The van der Waals surface area contributed by atoms with Crippen LogP contribution in [0, 0.1) is 0 Å². The predicted octanol–water partition coefficient (Wildman–Crippen LogP) is 2.52. The second-order valence-electron chi connectivity index (χ2n) is 4.31. The Hall–Kier alpha value is -1.07. The number of aliphatic carboxylic acids is 1. The van der Waals surface area contributed by atoms with Crippen LogP contribution in [-0.4, -0.2) is 36.9 Å². The van der Waals surface area contributed by atoms with Crippen LogP contribution in [-0.2, 0) is 9.53 Å². The van der Waals surface area contributed by atoms with Gasteiger partial charge in [-0.1, -0.05) is 12.1 Å². The lowest BCUT2D eigenvalue weighted by molar-refractivity contribution is -0.137. The fourth-order valence-electron chi connectivity index (χ4n) is 2.19. The number of ether oxygens (including phenoxy) is 1. The van der Waals surface area contributed by atoms with Gasteiger partial charge in [-0.25, -0.2) is 0 Å². The Morgan fingerprint density at radius 3 is 3.00 bits per heavy atom. The Balaban J connectivity index is 2.12. The van der Waals surface area contributed by atoms with Crippen LogP contribution in [0.25, 0.3) is 0 Å². The van der Waals surface area contributed by atoms with Crippen molar-refractivity contribution in [1.82, 2.24) is 0 Å². The van der Waals surface area contributed by atoms with Crippen LogP contribution < -0.4 is 4.90 Å². The van der Waals surface area contributed by atoms with E-state index in [1.54, 1.807) is 0 Å². The zero-order valence-electron chi connectivity index (χ0n) is 10.0. The van der Waals surface area contributed by atoms with Crippen molar-refractivity contribution < 1.29 is 14.6 Å². The summed E-state index contributed by atoms with van der Waals surface area (Å²) in [5, 5.41) is 8.79. The Morgan fingerprint density at radius 2 is 2.28 bits per heavy atom. The third kappa shape index (κ3) is 3.23. The summed E-state index contributed by atoms with van der Waals surface area (Å²) in [7, 11) is 0. The molecule has 0 spiro atoms. The molecule has 1 aliphatic heterocycles. The first-order chi connectivity index (χ1) is 8.68. The van der Waals surface area contributed by atoms with Crippen LogP contribution in [0.15, 0.2) is 28.7 Å². The highest BCUT2D eigenvalue weighted by molar-refractivity contribution is 9.10. The summed E-state index contributed by atoms with van der Waals surface area (Å²) in [4.78, 5) is 12.9. The van der Waals surface area contributed by atoms with Gasteiger partial charge in [0, 0.05) is 17.4 Å². The zero-order valence-corrected chi connectivity index (χ0v) is 11.6. The van der Waals surface area contributed by atoms with Gasteiger partial charge in [0.15, 0.2) is 0 Å². The third-order valence-corrected chi connectivity index (χ3v) is 3.75. The maximum absolute atomic E-state index is 10.7. The van der Waals surface area contributed by atoms with Gasteiger partial charge in [0.05, 0.1) is 24.9 Å². The van der Waals surface area contributed by atoms with Gasteiger partial charge in [0.1, 0.15) is 0 Å². The molecule has 1 atom stereocenters. The van der Waals surface area contributed by atoms with E-state index >= 15 is 0 Å². The van der Waals surface area contributed by atoms with E-state index in [0.29, 0.717) is 19.6 Å². The van der Waals surface area contributed by atoms with Crippen molar-refractivity contribution in [3.8, 4) is 0 Å². The molecule has 1 aromatic rings. The van der Waals surface area contributed by atoms with Crippen molar-refractivity contribution in [2.45, 2.75) is 18.9 Å². The molecule has 1 unspecified atom stereocenters. The molecular weight excluding hydrogens is 298 g/mol. The van der Waals surface area contributed by atoms with Crippen LogP contribution in [0.2, 0.25) is 0 Å². The lowest BCUT2D eigenvalue weighted by atomic mass is 10.1. The normalized spacial score (nSPS) is 19.8. The van der Waals surface area contributed by atoms with E-state index in [2.05, 4.69) is 20.8 Å². The highest BCUT2D eigenvalue weighted by Gasteiger charge is 2.24. The molecule has 98 valence electrons. The number of carboxylic acids is 1. The fourth-order valence-corrected chi connectivity index (χ4v) is 2.70. The number of hydrogen-bond donors (Lipinski definition) is 1. The zero-order chi connectivity index (χ0) is 13.0. The quantitative estimate of drug-likeness (QED) is 0.928. The summed E-state index contributed by atoms with van der Waals surface area (Å²) in [6.45, 7) is 2.08. The maximum atomic E-state index is 10.7. The first-order valence-corrected chi connectivity index (χ1v) is 6.78. The van der Waals surface area contributed by atoms with Crippen molar-refractivity contribution >= 4 is 27.6 Å². The predicted molar refractivity (Wildman–Crippen MR) is 73.0 cm³/mol. The van der Waals surface area contributed by atoms with E-state index in [-0.39, 0.29) is 12.5 Å². The van der Waals surface area contributed by atoms with Crippen molar-refractivity contribution in [2.24, 2.45) is 0 Å². The molecule has 0 radical (unpaired) electrons. The monoisotopic (exact) mass is 313 g/mol. The van der Waals surface area contributed by atoms with E-state index < -0.39 is 5.97 Å². The van der Waals surface area contributed by atoms with E-state index in [9.17, 15) is 4.79 Å². The van der Waals surface area contributed by atoms with E-state index in [0.717, 1.165) is 16.7 Å². The third-order valence-electron chi connectivity index (χ3n) is 3.08. The van der Waals surface area contributed by atoms with Crippen molar-refractivity contribution in [2.75, 3.05) is 24.7 Å². The van der Waals surface area contributed by atoms with Gasteiger partial charge in [0.25, 0.3) is 0 Å². The summed E-state index contributed by atoms with van der Waals surface area (Å²) in [5.74, 6) is -0.757. The molecular formula is C13H16BrNO3. The topological polar surface area (TPSA) is 49.8 Å². The fraction of sp³-hybridized carbons (Fsp3) is 0.462. The molecule has 1 N–H and O–H groups in total. The number of benzene rings is 1. The first-order valence-electron chi connectivity index (χ1n) is 5.99.